The highest BCUT2D eigenvalue weighted by Gasteiger charge is 2.12. The maximum absolute atomic E-state index is 11.5. The van der Waals surface area contributed by atoms with Crippen molar-refractivity contribution in [2.45, 2.75) is 0 Å². The van der Waals surface area contributed by atoms with Crippen LogP contribution in [0.25, 0.3) is 21.9 Å². The van der Waals surface area contributed by atoms with E-state index in [1.54, 1.807) is 6.07 Å². The lowest BCUT2D eigenvalue weighted by Crippen LogP contribution is -2.11. The maximum atomic E-state index is 11.5. The molecular weight excluding hydrogens is 250 g/mol. The number of nitrogens with two attached hydrogens (primary N) is 1. The summed E-state index contributed by atoms with van der Waals surface area (Å²) >= 11 is 0. The summed E-state index contributed by atoms with van der Waals surface area (Å²) in [4.78, 5) is 11.5. The third-order valence-corrected chi connectivity index (χ3v) is 3.35. The molecule has 3 rings (SSSR count). The molecule has 0 aliphatic rings. The van der Waals surface area contributed by atoms with E-state index in [1.165, 1.54) is 6.07 Å². The van der Waals surface area contributed by atoms with Crippen molar-refractivity contribution in [3.8, 4) is 16.9 Å². The van der Waals surface area contributed by atoms with E-state index in [1.807, 2.05) is 48.5 Å². The Morgan fingerprint density at radius 1 is 0.900 bits per heavy atom. The molecule has 0 aliphatic carbocycles. The molecule has 0 aromatic heterocycles. The van der Waals surface area contributed by atoms with E-state index in [4.69, 9.17) is 5.73 Å². The molecule has 0 spiro atoms. The molecule has 3 N–H and O–H groups in total. The van der Waals surface area contributed by atoms with Crippen LogP contribution in [-0.2, 0) is 0 Å². The third kappa shape index (κ3) is 1.99. The van der Waals surface area contributed by atoms with Crippen molar-refractivity contribution >= 4 is 16.7 Å². The van der Waals surface area contributed by atoms with E-state index >= 15 is 0 Å². The zero-order valence-electron chi connectivity index (χ0n) is 10.7. The summed E-state index contributed by atoms with van der Waals surface area (Å²) in [6, 6.07) is 19.0. The van der Waals surface area contributed by atoms with Crippen molar-refractivity contribution in [1.82, 2.24) is 0 Å². The van der Waals surface area contributed by atoms with Crippen molar-refractivity contribution in [1.29, 1.82) is 0 Å². The lowest BCUT2D eigenvalue weighted by molar-refractivity contribution is 0.0999. The highest BCUT2D eigenvalue weighted by molar-refractivity contribution is 6.09. The van der Waals surface area contributed by atoms with Crippen LogP contribution in [0.4, 0.5) is 0 Å². The van der Waals surface area contributed by atoms with Crippen molar-refractivity contribution in [2.24, 2.45) is 5.73 Å². The van der Waals surface area contributed by atoms with Crippen molar-refractivity contribution in [3.63, 3.8) is 0 Å². The van der Waals surface area contributed by atoms with Crippen LogP contribution in [0.2, 0.25) is 0 Å². The topological polar surface area (TPSA) is 63.3 Å². The van der Waals surface area contributed by atoms with Crippen molar-refractivity contribution < 1.29 is 9.90 Å². The van der Waals surface area contributed by atoms with E-state index in [0.29, 0.717) is 5.39 Å². The van der Waals surface area contributed by atoms with Crippen LogP contribution in [0.3, 0.4) is 0 Å². The number of primary amides is 1. The normalized spacial score (nSPS) is 10.6. The number of carbonyl (C=O) groups is 1. The van der Waals surface area contributed by atoms with E-state index in [-0.39, 0.29) is 11.3 Å². The molecule has 1 amide bonds. The van der Waals surface area contributed by atoms with Crippen LogP contribution in [0.5, 0.6) is 5.75 Å². The van der Waals surface area contributed by atoms with Gasteiger partial charge >= 0.3 is 0 Å². The fourth-order valence-corrected chi connectivity index (χ4v) is 2.39. The first kappa shape index (κ1) is 12.2. The van der Waals surface area contributed by atoms with Gasteiger partial charge in [-0.2, -0.15) is 0 Å². The molecular formula is C17H13NO2. The molecule has 3 nitrogen and oxygen atoms in total. The number of carbonyl (C=O) groups excluding carboxylic acids is 1. The maximum Gasteiger partial charge on any atom is 0.253 e. The molecule has 0 fully saturated rings. The first-order valence-corrected chi connectivity index (χ1v) is 6.28. The lowest BCUT2D eigenvalue weighted by atomic mass is 9.98. The minimum atomic E-state index is -0.624. The van der Waals surface area contributed by atoms with Gasteiger partial charge in [0.2, 0.25) is 0 Å². The number of phenols is 1. The summed E-state index contributed by atoms with van der Waals surface area (Å²) in [5.74, 6) is -0.710. The molecule has 0 saturated heterocycles. The number of hydrogen-bond acceptors (Lipinski definition) is 2. The summed E-state index contributed by atoms with van der Waals surface area (Å²) in [5, 5.41) is 11.3. The predicted molar refractivity (Wildman–Crippen MR) is 79.6 cm³/mol. The summed E-state index contributed by atoms with van der Waals surface area (Å²) in [5.41, 5.74) is 7.65. The van der Waals surface area contributed by atoms with Gasteiger partial charge in [-0.25, -0.2) is 0 Å². The summed E-state index contributed by atoms with van der Waals surface area (Å²) in [6.07, 6.45) is 0. The van der Waals surface area contributed by atoms with Crippen LogP contribution in [-0.4, -0.2) is 11.0 Å². The molecule has 0 aliphatic heterocycles. The van der Waals surface area contributed by atoms with E-state index in [9.17, 15) is 9.90 Å². The number of rotatable bonds is 2. The second-order valence-corrected chi connectivity index (χ2v) is 4.63. The molecule has 3 heteroatoms. The Morgan fingerprint density at radius 3 is 2.35 bits per heavy atom. The van der Waals surface area contributed by atoms with Gasteiger partial charge in [-0.1, -0.05) is 48.5 Å². The SMILES string of the molecule is NC(=O)c1c(O)ccc2cc(-c3ccccc3)ccc12. The monoisotopic (exact) mass is 263 g/mol. The van der Waals surface area contributed by atoms with E-state index in [0.717, 1.165) is 16.5 Å². The minimum Gasteiger partial charge on any atom is -0.507 e. The Labute approximate surface area is 116 Å². The molecule has 0 radical (unpaired) electrons. The van der Waals surface area contributed by atoms with Crippen LogP contribution in [0.15, 0.2) is 60.7 Å². The summed E-state index contributed by atoms with van der Waals surface area (Å²) in [7, 11) is 0. The average Bonchev–Trinajstić information content (AvgIpc) is 2.47. The van der Waals surface area contributed by atoms with Gasteiger partial charge in [0.15, 0.2) is 0 Å². The van der Waals surface area contributed by atoms with Crippen LogP contribution in [0, 0.1) is 0 Å². The molecule has 0 saturated carbocycles. The molecule has 0 heterocycles. The molecule has 3 aromatic rings. The predicted octanol–water partition coefficient (Wildman–Crippen LogP) is 3.31. The summed E-state index contributed by atoms with van der Waals surface area (Å²) in [6.45, 7) is 0. The molecule has 0 unspecified atom stereocenters. The van der Waals surface area contributed by atoms with E-state index in [2.05, 4.69) is 0 Å². The third-order valence-electron chi connectivity index (χ3n) is 3.35. The van der Waals surface area contributed by atoms with Crippen molar-refractivity contribution in [3.05, 3.63) is 66.2 Å². The fraction of sp³-hybridized carbons (Fsp3) is 0. The van der Waals surface area contributed by atoms with Gasteiger partial charge in [0.1, 0.15) is 5.75 Å². The lowest BCUT2D eigenvalue weighted by Gasteiger charge is -2.08. The quantitative estimate of drug-likeness (QED) is 0.745. The largest absolute Gasteiger partial charge is 0.507 e. The number of fused-ring (bicyclic) bond motifs is 1. The molecule has 0 atom stereocenters. The molecule has 0 bridgehead atoms. The number of amides is 1. The molecule has 20 heavy (non-hydrogen) atoms. The smallest absolute Gasteiger partial charge is 0.253 e. The minimum absolute atomic E-state index is 0.0857. The Kier molecular flexibility index (Phi) is 2.88. The van der Waals surface area contributed by atoms with Crippen LogP contribution < -0.4 is 5.73 Å². The first-order valence-electron chi connectivity index (χ1n) is 6.28. The zero-order valence-corrected chi connectivity index (χ0v) is 10.7. The van der Waals surface area contributed by atoms with Gasteiger partial charge in [-0.05, 0) is 34.0 Å². The van der Waals surface area contributed by atoms with Crippen molar-refractivity contribution in [2.75, 3.05) is 0 Å². The fourth-order valence-electron chi connectivity index (χ4n) is 2.39. The van der Waals surface area contributed by atoms with E-state index < -0.39 is 5.91 Å². The highest BCUT2D eigenvalue weighted by atomic mass is 16.3. The Morgan fingerprint density at radius 2 is 1.65 bits per heavy atom. The Bertz CT molecular complexity index is 795. The van der Waals surface area contributed by atoms with Gasteiger partial charge in [-0.15, -0.1) is 0 Å². The van der Waals surface area contributed by atoms with Gasteiger partial charge in [-0.3, -0.25) is 4.79 Å². The number of benzene rings is 3. The second kappa shape index (κ2) is 4.70. The standard InChI is InChI=1S/C17H13NO2/c18-17(20)16-14-8-6-12(11-4-2-1-3-5-11)10-13(14)7-9-15(16)19/h1-10,19H,(H2,18,20). The van der Waals surface area contributed by atoms with Gasteiger partial charge < -0.3 is 10.8 Å². The van der Waals surface area contributed by atoms with Crippen LogP contribution in [0.1, 0.15) is 10.4 Å². The Hall–Kier alpha value is -2.81. The second-order valence-electron chi connectivity index (χ2n) is 4.63. The number of aromatic hydroxyl groups is 1. The zero-order chi connectivity index (χ0) is 14.1. The molecule has 98 valence electrons. The van der Waals surface area contributed by atoms with Gasteiger partial charge in [0.05, 0.1) is 5.56 Å². The van der Waals surface area contributed by atoms with Gasteiger partial charge in [0.25, 0.3) is 5.91 Å². The first-order chi connectivity index (χ1) is 9.66. The number of hydrogen-bond donors (Lipinski definition) is 2. The highest BCUT2D eigenvalue weighted by Crippen LogP contribution is 2.30. The summed E-state index contributed by atoms with van der Waals surface area (Å²) < 4.78 is 0. The van der Waals surface area contributed by atoms with Gasteiger partial charge in [0, 0.05) is 0 Å². The Balaban J connectivity index is 2.24. The van der Waals surface area contributed by atoms with Crippen LogP contribution >= 0.6 is 0 Å². The average molecular weight is 263 g/mol. The molecule has 3 aromatic carbocycles.